The summed E-state index contributed by atoms with van der Waals surface area (Å²) in [4.78, 5) is 25.2. The summed E-state index contributed by atoms with van der Waals surface area (Å²) >= 11 is 0. The van der Waals surface area contributed by atoms with Gasteiger partial charge in [0.15, 0.2) is 0 Å². The summed E-state index contributed by atoms with van der Waals surface area (Å²) < 4.78 is 12.4. The summed E-state index contributed by atoms with van der Waals surface area (Å²) in [6.07, 6.45) is 10.3. The molecule has 5 heteroatoms. The predicted octanol–water partition coefficient (Wildman–Crippen LogP) is 2.78. The fourth-order valence-electron chi connectivity index (χ4n) is 9.86. The topological polar surface area (TPSA) is 72.8 Å². The van der Waals surface area contributed by atoms with E-state index in [2.05, 4.69) is 0 Å². The Balaban J connectivity index is 1.05. The lowest BCUT2D eigenvalue weighted by molar-refractivity contribution is -0.228. The quantitative estimate of drug-likeness (QED) is 0.752. The minimum absolute atomic E-state index is 0.0370. The van der Waals surface area contributed by atoms with Crippen molar-refractivity contribution in [2.24, 2.45) is 35.0 Å². The SMILES string of the molecule is O=C(COC12CC3CC4(O)CC(C1)C2(C3)C4)OC12CC3CC(C1)C(=O)C(C3)C2. The van der Waals surface area contributed by atoms with Crippen LogP contribution in [-0.2, 0) is 19.1 Å². The van der Waals surface area contributed by atoms with Gasteiger partial charge in [-0.1, -0.05) is 0 Å². The smallest absolute Gasteiger partial charge is 0.332 e. The van der Waals surface area contributed by atoms with Crippen LogP contribution in [0, 0.1) is 35.0 Å². The highest BCUT2D eigenvalue weighted by Crippen LogP contribution is 2.79. The molecule has 0 heterocycles. The molecule has 1 spiro atoms. The van der Waals surface area contributed by atoms with Crippen molar-refractivity contribution >= 4 is 11.8 Å². The number of ketones is 1. The summed E-state index contributed by atoms with van der Waals surface area (Å²) in [5, 5.41) is 10.9. The lowest BCUT2D eigenvalue weighted by atomic mass is 9.52. The molecular formula is C23H30O5. The monoisotopic (exact) mass is 386 g/mol. The predicted molar refractivity (Wildman–Crippen MR) is 98.1 cm³/mol. The first-order chi connectivity index (χ1) is 13.3. The number of hydrogen-bond acceptors (Lipinski definition) is 5. The van der Waals surface area contributed by atoms with Gasteiger partial charge in [-0.15, -0.1) is 0 Å². The standard InChI is InChI=1S/C23H30O5/c24-18(28-21-4-13-1-15(7-21)19(25)16(2-13)8-21)11-27-23-6-14-3-20(26)9-17(10-23)22(23,5-14)12-20/h13-17,26H,1-12H2. The van der Waals surface area contributed by atoms with Crippen LogP contribution in [0.15, 0.2) is 0 Å². The highest BCUT2D eigenvalue weighted by Gasteiger charge is 2.78. The molecule has 8 saturated carbocycles. The molecule has 8 aliphatic rings. The van der Waals surface area contributed by atoms with Crippen molar-refractivity contribution in [2.75, 3.05) is 6.61 Å². The number of fused-ring (bicyclic) bond motifs is 2. The van der Waals surface area contributed by atoms with Gasteiger partial charge >= 0.3 is 5.97 Å². The van der Waals surface area contributed by atoms with Gasteiger partial charge in [0.2, 0.25) is 0 Å². The highest BCUT2D eigenvalue weighted by molar-refractivity contribution is 5.86. The Bertz CT molecular complexity index is 770. The van der Waals surface area contributed by atoms with Gasteiger partial charge in [-0.05, 0) is 88.4 Å². The molecule has 0 aromatic heterocycles. The molecule has 0 aromatic rings. The van der Waals surface area contributed by atoms with Crippen LogP contribution in [0.4, 0.5) is 0 Å². The van der Waals surface area contributed by atoms with Crippen LogP contribution in [0.3, 0.4) is 0 Å². The molecule has 152 valence electrons. The maximum atomic E-state index is 12.8. The molecule has 7 unspecified atom stereocenters. The molecule has 1 N–H and O–H groups in total. The number of hydrogen-bond donors (Lipinski definition) is 1. The van der Waals surface area contributed by atoms with Gasteiger partial charge in [0.1, 0.15) is 18.0 Å². The first-order valence-corrected chi connectivity index (χ1v) is 11.4. The van der Waals surface area contributed by atoms with Gasteiger partial charge in [-0.2, -0.15) is 0 Å². The van der Waals surface area contributed by atoms with Gasteiger partial charge in [0, 0.05) is 17.3 Å². The summed E-state index contributed by atoms with van der Waals surface area (Å²) in [5.41, 5.74) is -0.943. The minimum Gasteiger partial charge on any atom is -0.457 e. The van der Waals surface area contributed by atoms with Gasteiger partial charge in [-0.3, -0.25) is 4.79 Å². The van der Waals surface area contributed by atoms with Crippen LogP contribution in [0.1, 0.15) is 70.6 Å². The lowest BCUT2D eigenvalue weighted by Gasteiger charge is -2.58. The number of carbonyl (C=O) groups is 2. The van der Waals surface area contributed by atoms with Crippen molar-refractivity contribution in [3.8, 4) is 0 Å². The van der Waals surface area contributed by atoms with Crippen LogP contribution in [0.2, 0.25) is 0 Å². The van der Waals surface area contributed by atoms with Crippen LogP contribution in [-0.4, -0.2) is 40.3 Å². The second kappa shape index (κ2) is 4.85. The average Bonchev–Trinajstić information content (AvgIpc) is 2.89. The summed E-state index contributed by atoms with van der Waals surface area (Å²) in [6, 6.07) is 0. The fraction of sp³-hybridized carbons (Fsp3) is 0.913. The molecule has 0 amide bonds. The Kier molecular flexibility index (Phi) is 2.92. The van der Waals surface area contributed by atoms with E-state index in [1.807, 2.05) is 0 Å². The van der Waals surface area contributed by atoms with E-state index < -0.39 is 11.2 Å². The van der Waals surface area contributed by atoms with Crippen molar-refractivity contribution in [1.29, 1.82) is 0 Å². The molecule has 0 saturated heterocycles. The maximum absolute atomic E-state index is 12.8. The van der Waals surface area contributed by atoms with E-state index >= 15 is 0 Å². The van der Waals surface area contributed by atoms with Crippen molar-refractivity contribution in [3.05, 3.63) is 0 Å². The second-order valence-corrected chi connectivity index (χ2v) is 11.8. The van der Waals surface area contributed by atoms with E-state index in [0.29, 0.717) is 23.5 Å². The molecule has 0 aromatic carbocycles. The molecule has 8 aliphatic carbocycles. The second-order valence-electron chi connectivity index (χ2n) is 11.8. The Morgan fingerprint density at radius 1 is 0.964 bits per heavy atom. The molecule has 0 radical (unpaired) electrons. The number of esters is 1. The zero-order chi connectivity index (χ0) is 18.9. The van der Waals surface area contributed by atoms with Crippen molar-refractivity contribution in [2.45, 2.75) is 87.4 Å². The molecule has 8 rings (SSSR count). The Morgan fingerprint density at radius 3 is 2.54 bits per heavy atom. The van der Waals surface area contributed by atoms with Gasteiger partial charge in [-0.25, -0.2) is 4.79 Å². The van der Waals surface area contributed by atoms with Crippen molar-refractivity contribution in [1.82, 2.24) is 0 Å². The van der Waals surface area contributed by atoms with E-state index in [0.717, 1.165) is 64.2 Å². The van der Waals surface area contributed by atoms with E-state index in [1.54, 1.807) is 0 Å². The zero-order valence-corrected chi connectivity index (χ0v) is 16.5. The lowest BCUT2D eigenvalue weighted by Crippen LogP contribution is -2.60. The molecule has 5 nitrogen and oxygen atoms in total. The maximum Gasteiger partial charge on any atom is 0.332 e. The average molecular weight is 386 g/mol. The molecule has 8 fully saturated rings. The van der Waals surface area contributed by atoms with Gasteiger partial charge in [0.25, 0.3) is 0 Å². The van der Waals surface area contributed by atoms with Gasteiger partial charge < -0.3 is 14.6 Å². The molecular weight excluding hydrogens is 356 g/mol. The third-order valence-electron chi connectivity index (χ3n) is 10.2. The number of rotatable bonds is 4. The zero-order valence-electron chi connectivity index (χ0n) is 16.5. The molecule has 7 bridgehead atoms. The minimum atomic E-state index is -0.471. The van der Waals surface area contributed by atoms with E-state index in [-0.39, 0.29) is 35.4 Å². The molecule has 28 heavy (non-hydrogen) atoms. The largest absolute Gasteiger partial charge is 0.457 e. The van der Waals surface area contributed by atoms with Gasteiger partial charge in [0.05, 0.1) is 11.2 Å². The third-order valence-corrected chi connectivity index (χ3v) is 10.2. The van der Waals surface area contributed by atoms with E-state index in [1.165, 1.54) is 6.42 Å². The van der Waals surface area contributed by atoms with E-state index in [4.69, 9.17) is 9.47 Å². The molecule has 0 aliphatic heterocycles. The first-order valence-electron chi connectivity index (χ1n) is 11.4. The normalized spacial score (nSPS) is 59.5. The number of Topliss-reactive ketones (excluding diaryl/α,β-unsaturated/α-hetero) is 1. The highest BCUT2D eigenvalue weighted by atomic mass is 16.6. The fourth-order valence-corrected chi connectivity index (χ4v) is 9.86. The van der Waals surface area contributed by atoms with Crippen LogP contribution in [0.5, 0.6) is 0 Å². The number of aliphatic hydroxyl groups is 1. The Hall–Kier alpha value is -0.940. The first kappa shape index (κ1) is 16.8. The summed E-state index contributed by atoms with van der Waals surface area (Å²) in [7, 11) is 0. The number of carbonyl (C=O) groups excluding carboxylic acids is 2. The Labute approximate surface area is 165 Å². The van der Waals surface area contributed by atoms with Crippen molar-refractivity contribution in [3.63, 3.8) is 0 Å². The molecule has 7 atom stereocenters. The summed E-state index contributed by atoms with van der Waals surface area (Å²) in [5.74, 6) is 2.11. The van der Waals surface area contributed by atoms with Crippen LogP contribution >= 0.6 is 0 Å². The Morgan fingerprint density at radius 2 is 1.75 bits per heavy atom. The van der Waals surface area contributed by atoms with E-state index in [9.17, 15) is 14.7 Å². The van der Waals surface area contributed by atoms with Crippen LogP contribution in [0.25, 0.3) is 0 Å². The third kappa shape index (κ3) is 1.91. The van der Waals surface area contributed by atoms with Crippen LogP contribution < -0.4 is 0 Å². The number of ether oxygens (including phenoxy) is 2. The van der Waals surface area contributed by atoms with Crippen molar-refractivity contribution < 1.29 is 24.2 Å². The summed E-state index contributed by atoms with van der Waals surface area (Å²) in [6.45, 7) is 0.0370.